The van der Waals surface area contributed by atoms with Crippen LogP contribution in [0.1, 0.15) is 57.9 Å². The number of amides is 1. The van der Waals surface area contributed by atoms with Gasteiger partial charge >= 0.3 is 0 Å². The van der Waals surface area contributed by atoms with Crippen LogP contribution in [0, 0.1) is 5.82 Å². The average molecular weight is 304 g/mol. The van der Waals surface area contributed by atoms with Crippen LogP contribution in [-0.2, 0) is 4.79 Å². The van der Waals surface area contributed by atoms with Gasteiger partial charge in [-0.3, -0.25) is 4.79 Å². The van der Waals surface area contributed by atoms with Gasteiger partial charge in [-0.2, -0.15) is 5.10 Å². The van der Waals surface area contributed by atoms with E-state index in [2.05, 4.69) is 17.5 Å². The number of hydrogen-bond acceptors (Lipinski definition) is 2. The van der Waals surface area contributed by atoms with Gasteiger partial charge in [-0.05, 0) is 25.5 Å². The van der Waals surface area contributed by atoms with Gasteiger partial charge in [-0.1, -0.05) is 56.9 Å². The van der Waals surface area contributed by atoms with Crippen molar-refractivity contribution in [2.24, 2.45) is 5.10 Å². The van der Waals surface area contributed by atoms with Gasteiger partial charge in [0, 0.05) is 12.0 Å². The third-order valence-corrected chi connectivity index (χ3v) is 3.27. The van der Waals surface area contributed by atoms with Gasteiger partial charge in [-0.15, -0.1) is 0 Å². The molecule has 22 heavy (non-hydrogen) atoms. The van der Waals surface area contributed by atoms with E-state index in [0.717, 1.165) is 12.8 Å². The van der Waals surface area contributed by atoms with Gasteiger partial charge in [0.1, 0.15) is 5.82 Å². The van der Waals surface area contributed by atoms with Crippen LogP contribution in [-0.4, -0.2) is 11.6 Å². The van der Waals surface area contributed by atoms with Crippen LogP contribution in [0.15, 0.2) is 35.4 Å². The lowest BCUT2D eigenvalue weighted by molar-refractivity contribution is -0.121. The van der Waals surface area contributed by atoms with E-state index in [4.69, 9.17) is 0 Å². The zero-order valence-corrected chi connectivity index (χ0v) is 13.4. The second-order valence-corrected chi connectivity index (χ2v) is 5.31. The first-order valence-corrected chi connectivity index (χ1v) is 7.89. The molecule has 0 fully saturated rings. The number of nitrogens with zero attached hydrogens (tertiary/aromatic N) is 1. The van der Waals surface area contributed by atoms with E-state index in [1.54, 1.807) is 37.3 Å². The highest BCUT2D eigenvalue weighted by atomic mass is 19.1. The molecule has 0 aliphatic heterocycles. The Morgan fingerprint density at radius 3 is 2.68 bits per heavy atom. The Morgan fingerprint density at radius 1 is 1.23 bits per heavy atom. The topological polar surface area (TPSA) is 41.5 Å². The summed E-state index contributed by atoms with van der Waals surface area (Å²) in [5.41, 5.74) is 3.65. The molecule has 0 unspecified atom stereocenters. The molecule has 0 spiro atoms. The third-order valence-electron chi connectivity index (χ3n) is 3.27. The summed E-state index contributed by atoms with van der Waals surface area (Å²) in [6.45, 7) is 3.93. The zero-order chi connectivity index (χ0) is 16.2. The predicted octanol–water partition coefficient (Wildman–Crippen LogP) is 4.69. The molecule has 1 N–H and O–H groups in total. The fourth-order valence-electron chi connectivity index (χ4n) is 1.95. The van der Waals surface area contributed by atoms with Gasteiger partial charge in [0.15, 0.2) is 0 Å². The summed E-state index contributed by atoms with van der Waals surface area (Å²) >= 11 is 0. The Morgan fingerprint density at radius 2 is 1.95 bits per heavy atom. The summed E-state index contributed by atoms with van der Waals surface area (Å²) in [6, 6.07) is 6.52. The van der Waals surface area contributed by atoms with Crippen molar-refractivity contribution in [2.45, 2.75) is 52.4 Å². The number of nitrogens with one attached hydrogen (secondary N) is 1. The number of halogens is 1. The van der Waals surface area contributed by atoms with Crippen molar-refractivity contribution in [2.75, 3.05) is 0 Å². The van der Waals surface area contributed by atoms with E-state index in [1.165, 1.54) is 25.3 Å². The van der Waals surface area contributed by atoms with Crippen LogP contribution in [0.4, 0.5) is 4.39 Å². The second kappa shape index (κ2) is 10.7. The number of carbonyl (C=O) groups is 1. The molecule has 0 aliphatic rings. The summed E-state index contributed by atoms with van der Waals surface area (Å²) in [7, 11) is 0. The molecule has 4 heteroatoms. The lowest BCUT2D eigenvalue weighted by Crippen LogP contribution is -2.18. The Hall–Kier alpha value is -1.97. The van der Waals surface area contributed by atoms with E-state index in [0.29, 0.717) is 17.7 Å². The molecule has 1 amide bonds. The van der Waals surface area contributed by atoms with Crippen molar-refractivity contribution in [3.05, 3.63) is 41.7 Å². The largest absolute Gasteiger partial charge is 0.273 e. The van der Waals surface area contributed by atoms with Gasteiger partial charge in [-0.25, -0.2) is 9.82 Å². The quantitative estimate of drug-likeness (QED) is 0.401. The number of hydrazone groups is 1. The van der Waals surface area contributed by atoms with E-state index in [-0.39, 0.29) is 11.7 Å². The first-order chi connectivity index (χ1) is 10.6. The molecule has 1 aromatic carbocycles. The number of hydrogen-bond donors (Lipinski definition) is 1. The average Bonchev–Trinajstić information content (AvgIpc) is 2.52. The van der Waals surface area contributed by atoms with Crippen molar-refractivity contribution >= 4 is 17.7 Å². The Balaban J connectivity index is 2.33. The van der Waals surface area contributed by atoms with E-state index < -0.39 is 0 Å². The molecule has 1 rings (SSSR count). The first kappa shape index (κ1) is 18.1. The van der Waals surface area contributed by atoms with Crippen LogP contribution >= 0.6 is 0 Å². The minimum Gasteiger partial charge on any atom is -0.273 e. The number of benzene rings is 1. The first-order valence-electron chi connectivity index (χ1n) is 7.89. The van der Waals surface area contributed by atoms with Crippen molar-refractivity contribution in [3.8, 4) is 0 Å². The van der Waals surface area contributed by atoms with Gasteiger partial charge in [0.05, 0.1) is 5.71 Å². The Kier molecular flexibility index (Phi) is 8.80. The van der Waals surface area contributed by atoms with Gasteiger partial charge in [0.25, 0.3) is 0 Å². The molecule has 0 radical (unpaired) electrons. The van der Waals surface area contributed by atoms with Crippen molar-refractivity contribution in [1.29, 1.82) is 0 Å². The van der Waals surface area contributed by atoms with Crippen molar-refractivity contribution in [3.63, 3.8) is 0 Å². The van der Waals surface area contributed by atoms with Crippen LogP contribution in [0.25, 0.3) is 6.08 Å². The normalized spacial score (nSPS) is 11.9. The maximum atomic E-state index is 13.4. The van der Waals surface area contributed by atoms with E-state index in [1.807, 2.05) is 0 Å². The molecule has 1 aromatic rings. The zero-order valence-electron chi connectivity index (χ0n) is 13.4. The Bertz CT molecular complexity index is 524. The maximum Gasteiger partial charge on any atom is 0.240 e. The minimum atomic E-state index is -0.275. The van der Waals surface area contributed by atoms with Crippen LogP contribution in [0.5, 0.6) is 0 Å². The summed E-state index contributed by atoms with van der Waals surface area (Å²) in [6.07, 6.45) is 9.40. The number of allylic oxidation sites excluding steroid dienone is 1. The van der Waals surface area contributed by atoms with E-state index in [9.17, 15) is 9.18 Å². The smallest absolute Gasteiger partial charge is 0.240 e. The summed E-state index contributed by atoms with van der Waals surface area (Å²) in [5.74, 6) is -0.349. The summed E-state index contributed by atoms with van der Waals surface area (Å²) in [5, 5.41) is 3.99. The summed E-state index contributed by atoms with van der Waals surface area (Å²) < 4.78 is 13.4. The Labute approximate surface area is 132 Å². The molecule has 0 saturated heterocycles. The monoisotopic (exact) mass is 304 g/mol. The highest BCUT2D eigenvalue weighted by molar-refractivity contribution is 5.96. The van der Waals surface area contributed by atoms with Gasteiger partial charge in [0.2, 0.25) is 5.91 Å². The molecule has 0 aromatic heterocycles. The SMILES string of the molecule is CCCCCCCC(=O)N/N=C(C)\C=C\c1ccccc1F. The van der Waals surface area contributed by atoms with Crippen LogP contribution in [0.2, 0.25) is 0 Å². The predicted molar refractivity (Wildman–Crippen MR) is 90.1 cm³/mol. The number of unbranched alkanes of at least 4 members (excludes halogenated alkanes) is 4. The lowest BCUT2D eigenvalue weighted by Gasteiger charge is -2.01. The molecule has 0 heterocycles. The van der Waals surface area contributed by atoms with E-state index >= 15 is 0 Å². The fraction of sp³-hybridized carbons (Fsp3) is 0.444. The van der Waals surface area contributed by atoms with Crippen LogP contribution < -0.4 is 5.43 Å². The molecule has 120 valence electrons. The fourth-order valence-corrected chi connectivity index (χ4v) is 1.95. The number of carbonyl (C=O) groups excluding carboxylic acids is 1. The molecule has 0 aliphatic carbocycles. The molecule has 0 saturated carbocycles. The van der Waals surface area contributed by atoms with Crippen molar-refractivity contribution in [1.82, 2.24) is 5.43 Å². The third kappa shape index (κ3) is 7.72. The molecule has 0 bridgehead atoms. The highest BCUT2D eigenvalue weighted by Gasteiger charge is 1.99. The lowest BCUT2D eigenvalue weighted by atomic mass is 10.1. The molecular formula is C18H25FN2O. The summed E-state index contributed by atoms with van der Waals surface area (Å²) in [4.78, 5) is 11.6. The molecular weight excluding hydrogens is 279 g/mol. The minimum absolute atomic E-state index is 0.0739. The maximum absolute atomic E-state index is 13.4. The molecule has 0 atom stereocenters. The highest BCUT2D eigenvalue weighted by Crippen LogP contribution is 2.08. The number of rotatable bonds is 9. The molecule has 3 nitrogen and oxygen atoms in total. The standard InChI is InChI=1S/C18H25FN2O/c1-3-4-5-6-7-12-18(22)21-20-15(2)13-14-16-10-8-9-11-17(16)19/h8-11,13-14H,3-7,12H2,1-2H3,(H,21,22)/b14-13+,20-15-. The van der Waals surface area contributed by atoms with Crippen LogP contribution in [0.3, 0.4) is 0 Å². The van der Waals surface area contributed by atoms with Crippen molar-refractivity contribution < 1.29 is 9.18 Å². The second-order valence-electron chi connectivity index (χ2n) is 5.31. The van der Waals surface area contributed by atoms with Gasteiger partial charge < -0.3 is 0 Å².